The van der Waals surface area contributed by atoms with Gasteiger partial charge in [0, 0.05) is 18.8 Å². The molecule has 0 aromatic heterocycles. The third-order valence-corrected chi connectivity index (χ3v) is 4.98. The number of nitrogens with zero attached hydrogens (tertiary/aromatic N) is 1. The lowest BCUT2D eigenvalue weighted by atomic mass is 10.2. The van der Waals surface area contributed by atoms with Crippen molar-refractivity contribution in [2.24, 2.45) is 0 Å². The van der Waals surface area contributed by atoms with Gasteiger partial charge < -0.3 is 5.73 Å². The second kappa shape index (κ2) is 3.75. The first-order chi connectivity index (χ1) is 7.43. The molecule has 1 aromatic rings. The van der Waals surface area contributed by atoms with Crippen LogP contribution in [0.15, 0.2) is 23.1 Å². The van der Waals surface area contributed by atoms with Crippen molar-refractivity contribution >= 4 is 15.7 Å². The van der Waals surface area contributed by atoms with E-state index < -0.39 is 10.0 Å². The topological polar surface area (TPSA) is 63.4 Å². The molecule has 1 aliphatic carbocycles. The van der Waals surface area contributed by atoms with Crippen molar-refractivity contribution in [3.05, 3.63) is 23.8 Å². The summed E-state index contributed by atoms with van der Waals surface area (Å²) < 4.78 is 26.0. The predicted octanol–water partition coefficient (Wildman–Crippen LogP) is 1.36. The Hall–Kier alpha value is -1.07. The summed E-state index contributed by atoms with van der Waals surface area (Å²) in [6.45, 7) is 1.78. The molecule has 16 heavy (non-hydrogen) atoms. The third-order valence-electron chi connectivity index (χ3n) is 2.93. The van der Waals surface area contributed by atoms with Crippen LogP contribution in [-0.2, 0) is 10.0 Å². The first kappa shape index (κ1) is 11.4. The van der Waals surface area contributed by atoms with E-state index >= 15 is 0 Å². The van der Waals surface area contributed by atoms with Gasteiger partial charge in [0.15, 0.2) is 0 Å². The summed E-state index contributed by atoms with van der Waals surface area (Å²) >= 11 is 0. The third kappa shape index (κ3) is 1.92. The average molecular weight is 240 g/mol. The zero-order valence-electron chi connectivity index (χ0n) is 9.47. The second-order valence-corrected chi connectivity index (χ2v) is 6.24. The summed E-state index contributed by atoms with van der Waals surface area (Å²) in [5, 5.41) is 0. The highest BCUT2D eigenvalue weighted by Crippen LogP contribution is 2.31. The zero-order valence-corrected chi connectivity index (χ0v) is 10.3. The lowest BCUT2D eigenvalue weighted by Gasteiger charge is -2.18. The molecule has 5 heteroatoms. The number of nitrogen functional groups attached to an aromatic ring is 1. The largest absolute Gasteiger partial charge is 0.399 e. The van der Waals surface area contributed by atoms with Gasteiger partial charge in [0.1, 0.15) is 0 Å². The van der Waals surface area contributed by atoms with Gasteiger partial charge in [-0.25, -0.2) is 8.42 Å². The van der Waals surface area contributed by atoms with Gasteiger partial charge in [-0.3, -0.25) is 0 Å². The summed E-state index contributed by atoms with van der Waals surface area (Å²) in [7, 11) is -1.74. The van der Waals surface area contributed by atoms with Crippen LogP contribution < -0.4 is 5.73 Å². The van der Waals surface area contributed by atoms with Crippen LogP contribution in [0.3, 0.4) is 0 Å². The van der Waals surface area contributed by atoms with Gasteiger partial charge in [0.25, 0.3) is 0 Å². The van der Waals surface area contributed by atoms with Crippen LogP contribution in [0.2, 0.25) is 0 Å². The van der Waals surface area contributed by atoms with E-state index in [1.165, 1.54) is 10.4 Å². The van der Waals surface area contributed by atoms with E-state index in [4.69, 9.17) is 5.73 Å². The number of rotatable bonds is 3. The highest BCUT2D eigenvalue weighted by molar-refractivity contribution is 7.89. The number of benzene rings is 1. The molecule has 4 nitrogen and oxygen atoms in total. The number of aryl methyl sites for hydroxylation is 1. The van der Waals surface area contributed by atoms with Crippen molar-refractivity contribution in [1.29, 1.82) is 0 Å². The maximum Gasteiger partial charge on any atom is 0.243 e. The highest BCUT2D eigenvalue weighted by atomic mass is 32.2. The minimum absolute atomic E-state index is 0.172. The minimum atomic E-state index is -3.38. The van der Waals surface area contributed by atoms with Crippen molar-refractivity contribution in [1.82, 2.24) is 4.31 Å². The Kier molecular flexibility index (Phi) is 2.67. The number of anilines is 1. The van der Waals surface area contributed by atoms with Crippen LogP contribution in [0.4, 0.5) is 5.69 Å². The van der Waals surface area contributed by atoms with Crippen molar-refractivity contribution < 1.29 is 8.42 Å². The maximum atomic E-state index is 12.3. The molecule has 0 radical (unpaired) electrons. The monoisotopic (exact) mass is 240 g/mol. The summed E-state index contributed by atoms with van der Waals surface area (Å²) in [5.41, 5.74) is 6.85. The lowest BCUT2D eigenvalue weighted by molar-refractivity contribution is 0.464. The molecule has 1 aromatic carbocycles. The molecule has 0 unspecified atom stereocenters. The van der Waals surface area contributed by atoms with Crippen LogP contribution in [0, 0.1) is 6.92 Å². The van der Waals surface area contributed by atoms with Gasteiger partial charge in [-0.15, -0.1) is 0 Å². The molecule has 0 amide bonds. The fourth-order valence-corrected chi connectivity index (χ4v) is 3.36. The molecule has 88 valence electrons. The summed E-state index contributed by atoms with van der Waals surface area (Å²) in [6, 6.07) is 5.16. The second-order valence-electron chi connectivity index (χ2n) is 4.28. The van der Waals surface area contributed by atoms with Gasteiger partial charge in [-0.05, 0) is 37.5 Å². The fourth-order valence-electron chi connectivity index (χ4n) is 1.68. The zero-order chi connectivity index (χ0) is 11.9. The molecule has 0 aliphatic heterocycles. The van der Waals surface area contributed by atoms with Gasteiger partial charge in [-0.1, -0.05) is 6.07 Å². The first-order valence-corrected chi connectivity index (χ1v) is 6.71. The van der Waals surface area contributed by atoms with E-state index in [0.29, 0.717) is 10.6 Å². The predicted molar refractivity (Wildman–Crippen MR) is 63.6 cm³/mol. The number of hydrogen-bond donors (Lipinski definition) is 1. The molecule has 1 saturated carbocycles. The number of hydrogen-bond acceptors (Lipinski definition) is 3. The van der Waals surface area contributed by atoms with Crippen LogP contribution in [0.25, 0.3) is 0 Å². The van der Waals surface area contributed by atoms with E-state index in [2.05, 4.69) is 0 Å². The average Bonchev–Trinajstić information content (AvgIpc) is 3.04. The highest BCUT2D eigenvalue weighted by Gasteiger charge is 2.35. The van der Waals surface area contributed by atoms with Crippen LogP contribution in [0.5, 0.6) is 0 Å². The quantitative estimate of drug-likeness (QED) is 0.811. The summed E-state index contributed by atoms with van der Waals surface area (Å²) in [4.78, 5) is 0.321. The minimum Gasteiger partial charge on any atom is -0.399 e. The Balaban J connectivity index is 2.45. The number of sulfonamides is 1. The van der Waals surface area contributed by atoms with Crippen molar-refractivity contribution in [3.8, 4) is 0 Å². The molecule has 0 saturated heterocycles. The lowest BCUT2D eigenvalue weighted by Crippen LogP contribution is -2.29. The van der Waals surface area contributed by atoms with E-state index in [1.807, 2.05) is 0 Å². The fraction of sp³-hybridized carbons (Fsp3) is 0.455. The van der Waals surface area contributed by atoms with Crippen molar-refractivity contribution in [2.45, 2.75) is 30.7 Å². The van der Waals surface area contributed by atoms with Gasteiger partial charge >= 0.3 is 0 Å². The molecule has 0 atom stereocenters. The van der Waals surface area contributed by atoms with E-state index in [-0.39, 0.29) is 6.04 Å². The Morgan fingerprint density at radius 3 is 2.56 bits per heavy atom. The van der Waals surface area contributed by atoms with Crippen LogP contribution in [-0.4, -0.2) is 25.8 Å². The smallest absolute Gasteiger partial charge is 0.243 e. The molecule has 2 N–H and O–H groups in total. The van der Waals surface area contributed by atoms with E-state index in [1.54, 1.807) is 26.1 Å². The molecule has 0 spiro atoms. The Bertz CT molecular complexity index is 507. The number of nitrogens with two attached hydrogens (primary N) is 1. The first-order valence-electron chi connectivity index (χ1n) is 5.27. The van der Waals surface area contributed by atoms with Crippen molar-refractivity contribution in [3.63, 3.8) is 0 Å². The SMILES string of the molecule is Cc1ccc(N)cc1S(=O)(=O)N(C)C1CC1. The van der Waals surface area contributed by atoms with Gasteiger partial charge in [-0.2, -0.15) is 4.31 Å². The maximum absolute atomic E-state index is 12.3. The molecule has 2 rings (SSSR count). The van der Waals surface area contributed by atoms with Gasteiger partial charge in [0.2, 0.25) is 10.0 Å². The van der Waals surface area contributed by atoms with E-state index in [9.17, 15) is 8.42 Å². The molecule has 1 aliphatic rings. The molecule has 0 bridgehead atoms. The Morgan fingerprint density at radius 2 is 2.00 bits per heavy atom. The van der Waals surface area contributed by atoms with Crippen LogP contribution >= 0.6 is 0 Å². The Morgan fingerprint density at radius 1 is 1.38 bits per heavy atom. The molecule has 1 fully saturated rings. The standard InChI is InChI=1S/C11H16N2O2S/c1-8-3-4-9(12)7-11(8)16(14,15)13(2)10-5-6-10/h3-4,7,10H,5-6,12H2,1-2H3. The van der Waals surface area contributed by atoms with Crippen LogP contribution in [0.1, 0.15) is 18.4 Å². The molecular formula is C11H16N2O2S. The van der Waals surface area contributed by atoms with E-state index in [0.717, 1.165) is 18.4 Å². The Labute approximate surface area is 96.1 Å². The normalized spacial score (nSPS) is 16.7. The van der Waals surface area contributed by atoms with Gasteiger partial charge in [0.05, 0.1) is 4.90 Å². The molecule has 0 heterocycles. The molecular weight excluding hydrogens is 224 g/mol. The van der Waals surface area contributed by atoms with Crippen molar-refractivity contribution in [2.75, 3.05) is 12.8 Å². The summed E-state index contributed by atoms with van der Waals surface area (Å²) in [6.07, 6.45) is 1.91. The summed E-state index contributed by atoms with van der Waals surface area (Å²) in [5.74, 6) is 0.